The molecule has 0 bridgehead atoms. The van der Waals surface area contributed by atoms with Crippen LogP contribution in [0, 0.1) is 0 Å². The van der Waals surface area contributed by atoms with Gasteiger partial charge in [-0.1, -0.05) is 13.8 Å². The number of nitrogens with two attached hydrogens (primary N) is 1. The maximum absolute atomic E-state index is 5.54. The average Bonchev–Trinajstić information content (AvgIpc) is 2.48. The molecule has 0 aromatic carbocycles. The van der Waals surface area contributed by atoms with Gasteiger partial charge in [-0.05, 0) is 31.4 Å². The van der Waals surface area contributed by atoms with E-state index in [0.717, 1.165) is 13.0 Å². The number of aromatic nitrogens is 2. The summed E-state index contributed by atoms with van der Waals surface area (Å²) in [6, 6.07) is 0. The van der Waals surface area contributed by atoms with Crippen LogP contribution in [-0.2, 0) is 13.0 Å². The zero-order chi connectivity index (χ0) is 9.84. The van der Waals surface area contributed by atoms with Gasteiger partial charge >= 0.3 is 0 Å². The topological polar surface area (TPSA) is 43.8 Å². The van der Waals surface area contributed by atoms with Crippen molar-refractivity contribution in [1.82, 2.24) is 9.78 Å². The van der Waals surface area contributed by atoms with E-state index in [-0.39, 0.29) is 0 Å². The van der Waals surface area contributed by atoms with E-state index in [0.29, 0.717) is 12.5 Å². The van der Waals surface area contributed by atoms with Gasteiger partial charge in [0.15, 0.2) is 0 Å². The van der Waals surface area contributed by atoms with Gasteiger partial charge in [0.25, 0.3) is 0 Å². The van der Waals surface area contributed by atoms with E-state index < -0.39 is 0 Å². The molecule has 0 saturated carbocycles. The van der Waals surface area contributed by atoms with Crippen LogP contribution in [0.1, 0.15) is 37.9 Å². The molecular formula is C10H19N3. The summed E-state index contributed by atoms with van der Waals surface area (Å²) in [5.74, 6) is 0.531. The minimum absolute atomic E-state index is 0.531. The molecule has 1 rings (SSSR count). The van der Waals surface area contributed by atoms with Crippen LogP contribution in [-0.4, -0.2) is 16.3 Å². The largest absolute Gasteiger partial charge is 0.330 e. The second-order valence-corrected chi connectivity index (χ2v) is 3.56. The summed E-state index contributed by atoms with van der Waals surface area (Å²) >= 11 is 0. The molecule has 0 unspecified atom stereocenters. The second-order valence-electron chi connectivity index (χ2n) is 3.56. The lowest BCUT2D eigenvalue weighted by Gasteiger charge is -2.10. The fourth-order valence-electron chi connectivity index (χ4n) is 1.70. The fourth-order valence-corrected chi connectivity index (χ4v) is 1.70. The Bertz CT molecular complexity index is 263. The van der Waals surface area contributed by atoms with Gasteiger partial charge < -0.3 is 5.73 Å². The predicted octanol–water partition coefficient (Wildman–Crippen LogP) is 1.53. The zero-order valence-corrected chi connectivity index (χ0v) is 8.75. The summed E-state index contributed by atoms with van der Waals surface area (Å²) in [5, 5.41) is 4.34. The van der Waals surface area contributed by atoms with E-state index in [2.05, 4.69) is 30.6 Å². The summed E-state index contributed by atoms with van der Waals surface area (Å²) in [7, 11) is 0. The highest BCUT2D eigenvalue weighted by Crippen LogP contribution is 2.19. The molecule has 3 nitrogen and oxygen atoms in total. The van der Waals surface area contributed by atoms with E-state index in [9.17, 15) is 0 Å². The molecule has 0 saturated heterocycles. The van der Waals surface area contributed by atoms with Crippen LogP contribution in [0.4, 0.5) is 0 Å². The van der Waals surface area contributed by atoms with Crippen molar-refractivity contribution >= 4 is 0 Å². The Morgan fingerprint density at radius 3 is 2.69 bits per heavy atom. The Morgan fingerprint density at radius 2 is 2.23 bits per heavy atom. The predicted molar refractivity (Wildman–Crippen MR) is 54.7 cm³/mol. The molecule has 0 atom stereocenters. The van der Waals surface area contributed by atoms with Gasteiger partial charge in [0, 0.05) is 12.2 Å². The highest BCUT2D eigenvalue weighted by Gasteiger charge is 2.11. The number of hydrogen-bond acceptors (Lipinski definition) is 2. The van der Waals surface area contributed by atoms with Crippen LogP contribution in [0.2, 0.25) is 0 Å². The van der Waals surface area contributed by atoms with Crippen LogP contribution in [0.15, 0.2) is 6.20 Å². The molecule has 0 spiro atoms. The number of aryl methyl sites for hydroxylation is 1. The van der Waals surface area contributed by atoms with Gasteiger partial charge in [-0.2, -0.15) is 5.10 Å². The van der Waals surface area contributed by atoms with Crippen molar-refractivity contribution in [1.29, 1.82) is 0 Å². The van der Waals surface area contributed by atoms with Crippen molar-refractivity contribution in [2.75, 3.05) is 6.54 Å². The number of rotatable bonds is 4. The lowest BCUT2D eigenvalue weighted by molar-refractivity contribution is 0.595. The Morgan fingerprint density at radius 1 is 1.54 bits per heavy atom. The van der Waals surface area contributed by atoms with Gasteiger partial charge in [0.1, 0.15) is 0 Å². The third kappa shape index (κ3) is 2.10. The first-order chi connectivity index (χ1) is 6.20. The van der Waals surface area contributed by atoms with Gasteiger partial charge in [-0.3, -0.25) is 4.68 Å². The van der Waals surface area contributed by atoms with Crippen LogP contribution < -0.4 is 5.73 Å². The zero-order valence-electron chi connectivity index (χ0n) is 8.75. The second kappa shape index (κ2) is 4.42. The molecule has 1 heterocycles. The molecule has 0 aliphatic carbocycles. The van der Waals surface area contributed by atoms with Crippen molar-refractivity contribution in [3.63, 3.8) is 0 Å². The van der Waals surface area contributed by atoms with E-state index >= 15 is 0 Å². The monoisotopic (exact) mass is 181 g/mol. The molecule has 0 fully saturated rings. The van der Waals surface area contributed by atoms with Gasteiger partial charge in [-0.25, -0.2) is 0 Å². The first kappa shape index (κ1) is 10.3. The van der Waals surface area contributed by atoms with Crippen molar-refractivity contribution < 1.29 is 0 Å². The molecular weight excluding hydrogens is 162 g/mol. The summed E-state index contributed by atoms with van der Waals surface area (Å²) in [6.45, 7) is 8.16. The lowest BCUT2D eigenvalue weighted by Crippen LogP contribution is -2.09. The molecule has 0 radical (unpaired) electrons. The Kier molecular flexibility index (Phi) is 3.48. The molecule has 3 heteroatoms. The highest BCUT2D eigenvalue weighted by atomic mass is 15.3. The average molecular weight is 181 g/mol. The van der Waals surface area contributed by atoms with Crippen molar-refractivity contribution in [3.8, 4) is 0 Å². The quantitative estimate of drug-likeness (QED) is 0.765. The standard InChI is InChI=1S/C10H19N3/c1-4-13-10(8(2)3)9(5-6-11)7-12-13/h7-8H,4-6,11H2,1-3H3. The van der Waals surface area contributed by atoms with Crippen LogP contribution in [0.5, 0.6) is 0 Å². The third-order valence-electron chi connectivity index (χ3n) is 2.22. The summed E-state index contributed by atoms with van der Waals surface area (Å²) in [6.07, 6.45) is 2.89. The van der Waals surface area contributed by atoms with Gasteiger partial charge in [-0.15, -0.1) is 0 Å². The summed E-state index contributed by atoms with van der Waals surface area (Å²) < 4.78 is 2.07. The molecule has 0 aliphatic heterocycles. The number of nitrogens with zero attached hydrogens (tertiary/aromatic N) is 2. The molecule has 0 amide bonds. The van der Waals surface area contributed by atoms with Crippen molar-refractivity contribution in [3.05, 3.63) is 17.5 Å². The molecule has 74 valence electrons. The lowest BCUT2D eigenvalue weighted by atomic mass is 10.0. The summed E-state index contributed by atoms with van der Waals surface area (Å²) in [5.41, 5.74) is 8.19. The van der Waals surface area contributed by atoms with Crippen molar-refractivity contribution in [2.45, 2.75) is 39.7 Å². The molecule has 2 N–H and O–H groups in total. The maximum Gasteiger partial charge on any atom is 0.0525 e. The Labute approximate surface area is 79.9 Å². The SMILES string of the molecule is CCn1ncc(CCN)c1C(C)C. The van der Waals surface area contributed by atoms with Crippen LogP contribution in [0.3, 0.4) is 0 Å². The van der Waals surface area contributed by atoms with Gasteiger partial charge in [0.2, 0.25) is 0 Å². The van der Waals surface area contributed by atoms with E-state index in [1.807, 2.05) is 6.20 Å². The normalized spacial score (nSPS) is 11.2. The van der Waals surface area contributed by atoms with E-state index in [1.165, 1.54) is 11.3 Å². The Hall–Kier alpha value is -0.830. The first-order valence-corrected chi connectivity index (χ1v) is 4.95. The van der Waals surface area contributed by atoms with Crippen LogP contribution in [0.25, 0.3) is 0 Å². The Balaban J connectivity index is 2.99. The smallest absolute Gasteiger partial charge is 0.0525 e. The third-order valence-corrected chi connectivity index (χ3v) is 2.22. The molecule has 1 aromatic heterocycles. The summed E-state index contributed by atoms with van der Waals surface area (Å²) in [4.78, 5) is 0. The fraction of sp³-hybridized carbons (Fsp3) is 0.700. The van der Waals surface area contributed by atoms with Crippen molar-refractivity contribution in [2.24, 2.45) is 5.73 Å². The molecule has 0 aliphatic rings. The minimum atomic E-state index is 0.531. The van der Waals surface area contributed by atoms with Gasteiger partial charge in [0.05, 0.1) is 6.20 Å². The maximum atomic E-state index is 5.54. The van der Waals surface area contributed by atoms with Crippen LogP contribution >= 0.6 is 0 Å². The molecule has 1 aromatic rings. The minimum Gasteiger partial charge on any atom is -0.330 e. The first-order valence-electron chi connectivity index (χ1n) is 4.95. The molecule has 13 heavy (non-hydrogen) atoms. The van der Waals surface area contributed by atoms with E-state index in [1.54, 1.807) is 0 Å². The van der Waals surface area contributed by atoms with E-state index in [4.69, 9.17) is 5.73 Å². The highest BCUT2D eigenvalue weighted by molar-refractivity contribution is 5.21. The number of hydrogen-bond donors (Lipinski definition) is 1.